The van der Waals surface area contributed by atoms with Crippen molar-refractivity contribution in [3.8, 4) is 0 Å². The molecule has 0 saturated heterocycles. The lowest BCUT2D eigenvalue weighted by Gasteiger charge is -2.10. The number of aryl methyl sites for hydroxylation is 1. The quantitative estimate of drug-likeness (QED) is 0.671. The lowest BCUT2D eigenvalue weighted by atomic mass is 10.2. The third-order valence-electron chi connectivity index (χ3n) is 4.05. The van der Waals surface area contributed by atoms with Crippen LogP contribution in [0, 0.1) is 13.8 Å². The van der Waals surface area contributed by atoms with Gasteiger partial charge in [0.15, 0.2) is 0 Å². The van der Waals surface area contributed by atoms with E-state index in [1.165, 1.54) is 0 Å². The van der Waals surface area contributed by atoms with Gasteiger partial charge < -0.3 is 19.4 Å². The number of methoxy groups -OCH3 is 1. The van der Waals surface area contributed by atoms with E-state index in [1.807, 2.05) is 38.1 Å². The van der Waals surface area contributed by atoms with Gasteiger partial charge >= 0.3 is 0 Å². The van der Waals surface area contributed by atoms with Crippen molar-refractivity contribution in [3.05, 3.63) is 53.1 Å². The molecular formula is C19H27N3O3. The highest BCUT2D eigenvalue weighted by Crippen LogP contribution is 2.16. The van der Waals surface area contributed by atoms with E-state index in [0.717, 1.165) is 23.5 Å². The zero-order chi connectivity index (χ0) is 18.1. The summed E-state index contributed by atoms with van der Waals surface area (Å²) < 4.78 is 12.4. The zero-order valence-corrected chi connectivity index (χ0v) is 15.2. The van der Waals surface area contributed by atoms with Crippen molar-refractivity contribution in [2.75, 3.05) is 33.5 Å². The molecule has 2 rings (SSSR count). The Labute approximate surface area is 149 Å². The SMILES string of the molecule is COCCOCCCNC(=O)c1cc(C)n(Cc2ccccn2)c1C. The molecule has 0 spiro atoms. The van der Waals surface area contributed by atoms with Gasteiger partial charge in [-0.1, -0.05) is 6.07 Å². The molecule has 1 N–H and O–H groups in total. The lowest BCUT2D eigenvalue weighted by molar-refractivity contribution is 0.0688. The van der Waals surface area contributed by atoms with E-state index in [4.69, 9.17) is 9.47 Å². The monoisotopic (exact) mass is 345 g/mol. The van der Waals surface area contributed by atoms with Crippen LogP contribution >= 0.6 is 0 Å². The Balaban J connectivity index is 1.87. The van der Waals surface area contributed by atoms with Crippen LogP contribution < -0.4 is 5.32 Å². The van der Waals surface area contributed by atoms with Crippen molar-refractivity contribution in [1.29, 1.82) is 0 Å². The average Bonchev–Trinajstić information content (AvgIpc) is 2.90. The second kappa shape index (κ2) is 9.96. The normalized spacial score (nSPS) is 10.8. The van der Waals surface area contributed by atoms with Crippen LogP contribution in [0.3, 0.4) is 0 Å². The van der Waals surface area contributed by atoms with Gasteiger partial charge in [-0.25, -0.2) is 0 Å². The first kappa shape index (κ1) is 19.1. The summed E-state index contributed by atoms with van der Waals surface area (Å²) in [5, 5.41) is 2.96. The van der Waals surface area contributed by atoms with Gasteiger partial charge in [0.2, 0.25) is 0 Å². The number of carbonyl (C=O) groups is 1. The summed E-state index contributed by atoms with van der Waals surface area (Å²) in [5.41, 5.74) is 3.70. The minimum Gasteiger partial charge on any atom is -0.382 e. The first-order valence-electron chi connectivity index (χ1n) is 8.55. The molecule has 0 saturated carbocycles. The van der Waals surface area contributed by atoms with Gasteiger partial charge in [0.05, 0.1) is 31.0 Å². The highest BCUT2D eigenvalue weighted by atomic mass is 16.5. The summed E-state index contributed by atoms with van der Waals surface area (Å²) in [7, 11) is 1.65. The van der Waals surface area contributed by atoms with Gasteiger partial charge in [-0.3, -0.25) is 9.78 Å². The molecule has 6 nitrogen and oxygen atoms in total. The van der Waals surface area contributed by atoms with Gasteiger partial charge in [0, 0.05) is 37.8 Å². The average molecular weight is 345 g/mol. The molecule has 0 radical (unpaired) electrons. The van der Waals surface area contributed by atoms with Crippen LogP contribution in [0.5, 0.6) is 0 Å². The van der Waals surface area contributed by atoms with Crippen molar-refractivity contribution in [2.24, 2.45) is 0 Å². The summed E-state index contributed by atoms with van der Waals surface area (Å²) in [5.74, 6) is -0.0442. The Hall–Kier alpha value is -2.18. The summed E-state index contributed by atoms with van der Waals surface area (Å²) in [6.07, 6.45) is 2.56. The molecule has 136 valence electrons. The molecule has 0 aliphatic rings. The second-order valence-corrected chi connectivity index (χ2v) is 5.91. The molecular weight excluding hydrogens is 318 g/mol. The van der Waals surface area contributed by atoms with E-state index in [-0.39, 0.29) is 5.91 Å². The van der Waals surface area contributed by atoms with Crippen LogP contribution in [-0.2, 0) is 16.0 Å². The molecule has 0 fully saturated rings. The van der Waals surface area contributed by atoms with Crippen LogP contribution in [0.25, 0.3) is 0 Å². The fourth-order valence-corrected chi connectivity index (χ4v) is 2.64. The molecule has 1 amide bonds. The molecule has 0 aliphatic carbocycles. The highest BCUT2D eigenvalue weighted by Gasteiger charge is 2.15. The third kappa shape index (κ3) is 5.69. The predicted molar refractivity (Wildman–Crippen MR) is 96.9 cm³/mol. The number of rotatable bonds is 10. The predicted octanol–water partition coefficient (Wildman–Crippen LogP) is 2.33. The molecule has 25 heavy (non-hydrogen) atoms. The fraction of sp³-hybridized carbons (Fsp3) is 0.474. The standard InChI is InChI=1S/C19H27N3O3/c1-15-13-18(19(23)21-9-6-10-25-12-11-24-3)16(2)22(15)14-17-7-4-5-8-20-17/h4-5,7-8,13H,6,9-12,14H2,1-3H3,(H,21,23). The third-order valence-corrected chi connectivity index (χ3v) is 4.05. The summed E-state index contributed by atoms with van der Waals surface area (Å²) in [6, 6.07) is 7.79. The number of amides is 1. The van der Waals surface area contributed by atoms with E-state index in [1.54, 1.807) is 13.3 Å². The Kier molecular flexibility index (Phi) is 7.63. The first-order chi connectivity index (χ1) is 12.1. The first-order valence-corrected chi connectivity index (χ1v) is 8.55. The molecule has 2 aromatic rings. The van der Waals surface area contributed by atoms with Crippen LogP contribution in [0.1, 0.15) is 33.9 Å². The summed E-state index contributed by atoms with van der Waals surface area (Å²) in [6.45, 7) is 7.03. The number of nitrogens with one attached hydrogen (secondary N) is 1. The van der Waals surface area contributed by atoms with Gasteiger partial charge in [-0.2, -0.15) is 0 Å². The van der Waals surface area contributed by atoms with Gasteiger partial charge in [-0.15, -0.1) is 0 Å². The Bertz CT molecular complexity index is 668. The van der Waals surface area contributed by atoms with E-state index in [0.29, 0.717) is 38.5 Å². The van der Waals surface area contributed by atoms with Crippen molar-refractivity contribution in [3.63, 3.8) is 0 Å². The van der Waals surface area contributed by atoms with E-state index in [9.17, 15) is 4.79 Å². The van der Waals surface area contributed by atoms with Gasteiger partial charge in [0.1, 0.15) is 0 Å². The Morgan fingerprint density at radius 2 is 2.08 bits per heavy atom. The second-order valence-electron chi connectivity index (χ2n) is 5.91. The maximum Gasteiger partial charge on any atom is 0.253 e. The van der Waals surface area contributed by atoms with E-state index >= 15 is 0 Å². The van der Waals surface area contributed by atoms with Crippen LogP contribution in [0.2, 0.25) is 0 Å². The lowest BCUT2D eigenvalue weighted by Crippen LogP contribution is -2.26. The van der Waals surface area contributed by atoms with Crippen molar-refractivity contribution < 1.29 is 14.3 Å². The number of hydrogen-bond donors (Lipinski definition) is 1. The summed E-state index contributed by atoms with van der Waals surface area (Å²) in [4.78, 5) is 16.8. The number of carbonyl (C=O) groups excluding carboxylic acids is 1. The van der Waals surface area contributed by atoms with Crippen LogP contribution in [-0.4, -0.2) is 48.9 Å². The maximum atomic E-state index is 12.4. The van der Waals surface area contributed by atoms with Gasteiger partial charge in [0.25, 0.3) is 5.91 Å². The highest BCUT2D eigenvalue weighted by molar-refractivity contribution is 5.95. The molecule has 0 unspecified atom stereocenters. The Morgan fingerprint density at radius 3 is 2.80 bits per heavy atom. The van der Waals surface area contributed by atoms with E-state index in [2.05, 4.69) is 14.9 Å². The topological polar surface area (TPSA) is 65.4 Å². The zero-order valence-electron chi connectivity index (χ0n) is 15.2. The number of aromatic nitrogens is 2. The van der Waals surface area contributed by atoms with Crippen molar-refractivity contribution in [2.45, 2.75) is 26.8 Å². The number of pyridine rings is 1. The molecule has 6 heteroatoms. The molecule has 0 atom stereocenters. The van der Waals surface area contributed by atoms with Crippen LogP contribution in [0.4, 0.5) is 0 Å². The number of nitrogens with zero attached hydrogens (tertiary/aromatic N) is 2. The van der Waals surface area contributed by atoms with Crippen LogP contribution in [0.15, 0.2) is 30.5 Å². The molecule has 2 heterocycles. The minimum absolute atomic E-state index is 0.0442. The molecule has 0 aliphatic heterocycles. The maximum absolute atomic E-state index is 12.4. The number of ether oxygens (including phenoxy) is 2. The molecule has 2 aromatic heterocycles. The Morgan fingerprint density at radius 1 is 1.24 bits per heavy atom. The number of hydrogen-bond acceptors (Lipinski definition) is 4. The molecule has 0 aromatic carbocycles. The van der Waals surface area contributed by atoms with Crippen molar-refractivity contribution in [1.82, 2.24) is 14.9 Å². The van der Waals surface area contributed by atoms with Gasteiger partial charge in [-0.05, 0) is 38.5 Å². The molecule has 0 bridgehead atoms. The largest absolute Gasteiger partial charge is 0.382 e. The van der Waals surface area contributed by atoms with E-state index < -0.39 is 0 Å². The minimum atomic E-state index is -0.0442. The smallest absolute Gasteiger partial charge is 0.253 e. The fourth-order valence-electron chi connectivity index (χ4n) is 2.64. The van der Waals surface area contributed by atoms with Crippen molar-refractivity contribution >= 4 is 5.91 Å². The summed E-state index contributed by atoms with van der Waals surface area (Å²) >= 11 is 0.